The van der Waals surface area contributed by atoms with Gasteiger partial charge in [0.25, 0.3) is 0 Å². The van der Waals surface area contributed by atoms with Crippen molar-refractivity contribution in [3.8, 4) is 11.5 Å². The molecule has 4 heteroatoms. The maximum absolute atomic E-state index is 6.45. The number of hydrogen-bond donors (Lipinski definition) is 2. The lowest BCUT2D eigenvalue weighted by molar-refractivity contribution is 0.445. The van der Waals surface area contributed by atoms with Crippen molar-refractivity contribution in [3.63, 3.8) is 0 Å². The van der Waals surface area contributed by atoms with E-state index in [-0.39, 0.29) is 12.0 Å². The van der Waals surface area contributed by atoms with Gasteiger partial charge in [0.05, 0.1) is 12.6 Å². The Labute approximate surface area is 142 Å². The molecule has 0 bridgehead atoms. The molecule has 4 rings (SSSR count). The van der Waals surface area contributed by atoms with E-state index in [1.165, 1.54) is 5.56 Å². The minimum Gasteiger partial charge on any atom is -0.457 e. The van der Waals surface area contributed by atoms with E-state index >= 15 is 0 Å². The maximum atomic E-state index is 6.45. The molecule has 2 aromatic rings. The van der Waals surface area contributed by atoms with E-state index in [1.54, 1.807) is 0 Å². The summed E-state index contributed by atoms with van der Waals surface area (Å²) in [6.07, 6.45) is 0. The Bertz CT molecular complexity index is 797. The van der Waals surface area contributed by atoms with Gasteiger partial charge in [-0.2, -0.15) is 0 Å². The summed E-state index contributed by atoms with van der Waals surface area (Å²) in [6.45, 7) is 6.25. The first kappa shape index (κ1) is 15.2. The molecule has 2 atom stereocenters. The molecule has 3 N–H and O–H groups in total. The number of rotatable bonds is 3. The highest BCUT2D eigenvalue weighted by molar-refractivity contribution is 5.90. The SMILES string of the molecule is CC(C)C(C1=NCCN1)c1ccc2c(c1)Oc1ccccc1C2N. The molecule has 0 aromatic heterocycles. The van der Waals surface area contributed by atoms with Crippen LogP contribution in [0, 0.1) is 5.92 Å². The Morgan fingerprint density at radius 1 is 1.12 bits per heavy atom. The lowest BCUT2D eigenvalue weighted by Crippen LogP contribution is -2.29. The zero-order chi connectivity index (χ0) is 16.7. The van der Waals surface area contributed by atoms with Crippen molar-refractivity contribution >= 4 is 5.84 Å². The van der Waals surface area contributed by atoms with Gasteiger partial charge < -0.3 is 15.8 Å². The van der Waals surface area contributed by atoms with Crippen LogP contribution in [0.2, 0.25) is 0 Å². The lowest BCUT2D eigenvalue weighted by atomic mass is 9.85. The summed E-state index contributed by atoms with van der Waals surface area (Å²) in [5, 5.41) is 3.43. The van der Waals surface area contributed by atoms with Crippen LogP contribution in [-0.2, 0) is 0 Å². The average Bonchev–Trinajstić information content (AvgIpc) is 3.09. The van der Waals surface area contributed by atoms with Gasteiger partial charge in [-0.3, -0.25) is 4.99 Å². The molecule has 2 aromatic carbocycles. The molecule has 2 aliphatic heterocycles. The van der Waals surface area contributed by atoms with E-state index in [1.807, 2.05) is 24.3 Å². The normalized spacial score (nSPS) is 19.8. The van der Waals surface area contributed by atoms with Gasteiger partial charge in [-0.05, 0) is 23.6 Å². The molecular weight excluding hydrogens is 298 g/mol. The second-order valence-corrected chi connectivity index (χ2v) is 6.83. The molecule has 4 nitrogen and oxygen atoms in total. The first-order valence-electron chi connectivity index (χ1n) is 8.59. The highest BCUT2D eigenvalue weighted by atomic mass is 16.5. The Morgan fingerprint density at radius 2 is 1.92 bits per heavy atom. The fraction of sp³-hybridized carbons (Fsp3) is 0.350. The van der Waals surface area contributed by atoms with Crippen LogP contribution in [-0.4, -0.2) is 18.9 Å². The number of aliphatic imine (C=N–C) groups is 1. The average molecular weight is 321 g/mol. The Balaban J connectivity index is 1.74. The molecule has 0 amide bonds. The predicted octanol–water partition coefficient (Wildman–Crippen LogP) is 3.58. The molecule has 0 spiro atoms. The second kappa shape index (κ2) is 5.95. The molecule has 2 heterocycles. The fourth-order valence-corrected chi connectivity index (χ4v) is 3.69. The van der Waals surface area contributed by atoms with Crippen LogP contribution in [0.25, 0.3) is 0 Å². The number of nitrogens with zero attached hydrogens (tertiary/aromatic N) is 1. The third kappa shape index (κ3) is 2.47. The van der Waals surface area contributed by atoms with Gasteiger partial charge >= 0.3 is 0 Å². The molecule has 0 saturated heterocycles. The number of amidine groups is 1. The summed E-state index contributed by atoms with van der Waals surface area (Å²) in [7, 11) is 0. The number of para-hydroxylation sites is 1. The molecule has 2 unspecified atom stereocenters. The standard InChI is InChI=1S/C20H23N3O/c1-12(2)18(20-22-9-10-23-20)13-7-8-15-17(11-13)24-16-6-4-3-5-14(16)19(15)21/h3-8,11-12,18-19H,9-10,21H2,1-2H3,(H,22,23). The summed E-state index contributed by atoms with van der Waals surface area (Å²) in [5.74, 6) is 3.52. The monoisotopic (exact) mass is 321 g/mol. The Kier molecular flexibility index (Phi) is 3.77. The van der Waals surface area contributed by atoms with E-state index in [4.69, 9.17) is 10.5 Å². The highest BCUT2D eigenvalue weighted by Crippen LogP contribution is 2.43. The third-order valence-corrected chi connectivity index (χ3v) is 4.87. The minimum atomic E-state index is -0.140. The number of hydrogen-bond acceptors (Lipinski definition) is 4. The Morgan fingerprint density at radius 3 is 2.67 bits per heavy atom. The number of nitrogens with two attached hydrogens (primary N) is 1. The lowest BCUT2D eigenvalue weighted by Gasteiger charge is -2.28. The van der Waals surface area contributed by atoms with Crippen LogP contribution in [0.1, 0.15) is 42.5 Å². The number of fused-ring (bicyclic) bond motifs is 2. The van der Waals surface area contributed by atoms with E-state index in [2.05, 4.69) is 42.4 Å². The van der Waals surface area contributed by atoms with Gasteiger partial charge in [-0.15, -0.1) is 0 Å². The fourth-order valence-electron chi connectivity index (χ4n) is 3.69. The molecule has 0 saturated carbocycles. The zero-order valence-electron chi connectivity index (χ0n) is 14.1. The minimum absolute atomic E-state index is 0.140. The number of ether oxygens (including phenoxy) is 1. The second-order valence-electron chi connectivity index (χ2n) is 6.83. The van der Waals surface area contributed by atoms with E-state index in [0.29, 0.717) is 5.92 Å². The molecule has 24 heavy (non-hydrogen) atoms. The molecule has 2 aliphatic rings. The van der Waals surface area contributed by atoms with Gasteiger partial charge in [-0.25, -0.2) is 0 Å². The van der Waals surface area contributed by atoms with Crippen molar-refractivity contribution in [2.45, 2.75) is 25.8 Å². The quantitative estimate of drug-likeness (QED) is 0.908. The molecule has 0 aliphatic carbocycles. The van der Waals surface area contributed by atoms with Crippen molar-refractivity contribution in [2.24, 2.45) is 16.6 Å². The highest BCUT2D eigenvalue weighted by Gasteiger charge is 2.28. The van der Waals surface area contributed by atoms with Gasteiger partial charge in [-0.1, -0.05) is 44.2 Å². The van der Waals surface area contributed by atoms with E-state index < -0.39 is 0 Å². The third-order valence-electron chi connectivity index (χ3n) is 4.87. The van der Waals surface area contributed by atoms with Gasteiger partial charge in [0.2, 0.25) is 0 Å². The maximum Gasteiger partial charge on any atom is 0.132 e. The zero-order valence-corrected chi connectivity index (χ0v) is 14.1. The summed E-state index contributed by atoms with van der Waals surface area (Å²) < 4.78 is 6.14. The molecule has 124 valence electrons. The summed E-state index contributed by atoms with van der Waals surface area (Å²) >= 11 is 0. The van der Waals surface area contributed by atoms with Crippen LogP contribution >= 0.6 is 0 Å². The smallest absolute Gasteiger partial charge is 0.132 e. The van der Waals surface area contributed by atoms with Crippen molar-refractivity contribution < 1.29 is 4.74 Å². The van der Waals surface area contributed by atoms with Crippen LogP contribution in [0.5, 0.6) is 11.5 Å². The van der Waals surface area contributed by atoms with Crippen molar-refractivity contribution in [2.75, 3.05) is 13.1 Å². The van der Waals surface area contributed by atoms with Crippen LogP contribution < -0.4 is 15.8 Å². The summed E-state index contributed by atoms with van der Waals surface area (Å²) in [6, 6.07) is 14.3. The van der Waals surface area contributed by atoms with Gasteiger partial charge in [0, 0.05) is 23.6 Å². The van der Waals surface area contributed by atoms with Crippen LogP contribution in [0.4, 0.5) is 0 Å². The van der Waals surface area contributed by atoms with E-state index in [9.17, 15) is 0 Å². The van der Waals surface area contributed by atoms with E-state index in [0.717, 1.165) is 41.6 Å². The van der Waals surface area contributed by atoms with Crippen molar-refractivity contribution in [1.29, 1.82) is 0 Å². The van der Waals surface area contributed by atoms with Gasteiger partial charge in [0.15, 0.2) is 0 Å². The number of nitrogens with one attached hydrogen (secondary N) is 1. The predicted molar refractivity (Wildman–Crippen MR) is 96.9 cm³/mol. The summed E-state index contributed by atoms with van der Waals surface area (Å²) in [5.41, 5.74) is 9.76. The first-order chi connectivity index (χ1) is 11.6. The summed E-state index contributed by atoms with van der Waals surface area (Å²) in [4.78, 5) is 4.64. The first-order valence-corrected chi connectivity index (χ1v) is 8.59. The molecule has 0 radical (unpaired) electrons. The van der Waals surface area contributed by atoms with Gasteiger partial charge in [0.1, 0.15) is 17.3 Å². The van der Waals surface area contributed by atoms with Crippen LogP contribution in [0.3, 0.4) is 0 Å². The largest absolute Gasteiger partial charge is 0.457 e. The topological polar surface area (TPSA) is 59.6 Å². The van der Waals surface area contributed by atoms with Crippen molar-refractivity contribution in [3.05, 3.63) is 59.2 Å². The van der Waals surface area contributed by atoms with Crippen molar-refractivity contribution in [1.82, 2.24) is 5.32 Å². The molecular formula is C20H23N3O. The Hall–Kier alpha value is -2.33. The number of benzene rings is 2. The molecule has 0 fully saturated rings. The van der Waals surface area contributed by atoms with Crippen LogP contribution in [0.15, 0.2) is 47.5 Å².